The molecule has 0 aliphatic heterocycles. The molecule has 21 heavy (non-hydrogen) atoms. The summed E-state index contributed by atoms with van der Waals surface area (Å²) in [6.07, 6.45) is 0. The van der Waals surface area contributed by atoms with E-state index in [4.69, 9.17) is 10.3 Å². The highest BCUT2D eigenvalue weighted by Crippen LogP contribution is 2.36. The van der Waals surface area contributed by atoms with Gasteiger partial charge in [-0.2, -0.15) is 0 Å². The van der Waals surface area contributed by atoms with E-state index in [1.54, 1.807) is 25.1 Å². The van der Waals surface area contributed by atoms with Crippen LogP contribution in [-0.4, -0.2) is 5.16 Å². The summed E-state index contributed by atoms with van der Waals surface area (Å²) in [5, 5.41) is 3.89. The number of rotatable bonds is 2. The van der Waals surface area contributed by atoms with Gasteiger partial charge in [-0.05, 0) is 48.4 Å². The number of aryl methyl sites for hydroxylation is 1. The van der Waals surface area contributed by atoms with E-state index in [0.717, 1.165) is 5.56 Å². The van der Waals surface area contributed by atoms with Crippen molar-refractivity contribution in [2.45, 2.75) is 6.92 Å². The first-order valence-electron chi connectivity index (χ1n) is 6.33. The summed E-state index contributed by atoms with van der Waals surface area (Å²) in [5.74, 6) is -0.705. The van der Waals surface area contributed by atoms with Crippen molar-refractivity contribution >= 4 is 5.88 Å². The predicted octanol–water partition coefficient (Wildman–Crippen LogP) is 4.18. The minimum absolute atomic E-state index is 0.0671. The minimum Gasteiger partial charge on any atom is -0.367 e. The summed E-state index contributed by atoms with van der Waals surface area (Å²) in [6, 6.07) is 10.4. The molecule has 0 bridgehead atoms. The summed E-state index contributed by atoms with van der Waals surface area (Å²) in [5.41, 5.74) is 8.45. The van der Waals surface area contributed by atoms with Gasteiger partial charge in [-0.1, -0.05) is 17.3 Å². The molecule has 0 atom stereocenters. The second-order valence-electron chi connectivity index (χ2n) is 4.80. The fourth-order valence-corrected chi connectivity index (χ4v) is 2.30. The Balaban J connectivity index is 2.21. The van der Waals surface area contributed by atoms with Gasteiger partial charge >= 0.3 is 0 Å². The van der Waals surface area contributed by atoms with Gasteiger partial charge in [0.15, 0.2) is 0 Å². The minimum atomic E-state index is -0.394. The molecular weight excluding hydrogens is 274 g/mol. The highest BCUT2D eigenvalue weighted by Gasteiger charge is 2.18. The van der Waals surface area contributed by atoms with Gasteiger partial charge in [-0.25, -0.2) is 8.78 Å². The summed E-state index contributed by atoms with van der Waals surface area (Å²) in [6.45, 7) is 1.78. The van der Waals surface area contributed by atoms with Crippen LogP contribution in [0.4, 0.5) is 14.7 Å². The van der Waals surface area contributed by atoms with Crippen molar-refractivity contribution in [2.75, 3.05) is 5.73 Å². The van der Waals surface area contributed by atoms with Crippen molar-refractivity contribution in [1.82, 2.24) is 5.16 Å². The molecule has 0 amide bonds. The molecule has 2 aromatic carbocycles. The predicted molar refractivity (Wildman–Crippen MR) is 76.4 cm³/mol. The maximum atomic E-state index is 13.6. The second-order valence-corrected chi connectivity index (χ2v) is 4.80. The Labute approximate surface area is 120 Å². The molecule has 0 saturated carbocycles. The Hall–Kier alpha value is -2.69. The van der Waals surface area contributed by atoms with Crippen LogP contribution in [0.25, 0.3) is 22.4 Å². The first-order chi connectivity index (χ1) is 10.0. The molecule has 0 radical (unpaired) electrons. The third-order valence-electron chi connectivity index (χ3n) is 3.15. The molecule has 2 N–H and O–H groups in total. The molecule has 0 aliphatic carbocycles. The molecule has 3 nitrogen and oxygen atoms in total. The van der Waals surface area contributed by atoms with Gasteiger partial charge in [0.1, 0.15) is 17.3 Å². The average molecular weight is 286 g/mol. The third kappa shape index (κ3) is 2.50. The Morgan fingerprint density at radius 1 is 1.00 bits per heavy atom. The van der Waals surface area contributed by atoms with Crippen molar-refractivity contribution in [1.29, 1.82) is 0 Å². The Kier molecular flexibility index (Phi) is 3.17. The van der Waals surface area contributed by atoms with Crippen molar-refractivity contribution in [3.05, 3.63) is 59.7 Å². The number of nitrogen functional groups attached to an aromatic ring is 1. The van der Waals surface area contributed by atoms with Crippen molar-refractivity contribution in [3.8, 4) is 22.4 Å². The van der Waals surface area contributed by atoms with Crippen LogP contribution in [0, 0.1) is 18.6 Å². The Morgan fingerprint density at radius 3 is 2.48 bits per heavy atom. The van der Waals surface area contributed by atoms with Gasteiger partial charge < -0.3 is 10.3 Å². The number of hydrogen-bond donors (Lipinski definition) is 1. The van der Waals surface area contributed by atoms with Gasteiger partial charge in [0, 0.05) is 5.56 Å². The van der Waals surface area contributed by atoms with Crippen molar-refractivity contribution < 1.29 is 13.3 Å². The van der Waals surface area contributed by atoms with E-state index >= 15 is 0 Å². The monoisotopic (exact) mass is 286 g/mol. The van der Waals surface area contributed by atoms with E-state index in [9.17, 15) is 8.78 Å². The quantitative estimate of drug-likeness (QED) is 0.769. The van der Waals surface area contributed by atoms with E-state index in [1.165, 1.54) is 24.3 Å². The molecule has 3 aromatic rings. The lowest BCUT2D eigenvalue weighted by molar-refractivity contribution is 0.439. The van der Waals surface area contributed by atoms with E-state index in [2.05, 4.69) is 5.16 Å². The highest BCUT2D eigenvalue weighted by atomic mass is 19.1. The van der Waals surface area contributed by atoms with E-state index < -0.39 is 5.82 Å². The van der Waals surface area contributed by atoms with Gasteiger partial charge in [-0.3, -0.25) is 0 Å². The highest BCUT2D eigenvalue weighted by molar-refractivity contribution is 5.86. The number of anilines is 1. The zero-order valence-electron chi connectivity index (χ0n) is 11.2. The van der Waals surface area contributed by atoms with Crippen LogP contribution in [0.15, 0.2) is 47.0 Å². The molecule has 106 valence electrons. The lowest BCUT2D eigenvalue weighted by Crippen LogP contribution is -1.90. The van der Waals surface area contributed by atoms with Crippen molar-refractivity contribution in [3.63, 3.8) is 0 Å². The smallest absolute Gasteiger partial charge is 0.230 e. The largest absolute Gasteiger partial charge is 0.367 e. The molecule has 0 aliphatic rings. The summed E-state index contributed by atoms with van der Waals surface area (Å²) in [4.78, 5) is 0. The third-order valence-corrected chi connectivity index (χ3v) is 3.15. The standard InChI is InChI=1S/C16H12F2N2O/c1-9-5-11(8-13(18)6-9)15-14(16(19)21-20-15)10-3-2-4-12(17)7-10/h2-8H,19H2,1H3. The fourth-order valence-electron chi connectivity index (χ4n) is 2.30. The zero-order chi connectivity index (χ0) is 15.0. The lowest BCUT2D eigenvalue weighted by Gasteiger charge is -2.04. The summed E-state index contributed by atoms with van der Waals surface area (Å²) < 4.78 is 32.0. The fraction of sp³-hybridized carbons (Fsp3) is 0.0625. The lowest BCUT2D eigenvalue weighted by atomic mass is 9.99. The van der Waals surface area contributed by atoms with E-state index in [-0.39, 0.29) is 11.7 Å². The second kappa shape index (κ2) is 5.01. The van der Waals surface area contributed by atoms with Crippen LogP contribution in [0.3, 0.4) is 0 Å². The molecule has 1 aromatic heterocycles. The van der Waals surface area contributed by atoms with Crippen molar-refractivity contribution in [2.24, 2.45) is 0 Å². The number of aromatic nitrogens is 1. The number of nitrogens with two attached hydrogens (primary N) is 1. The number of hydrogen-bond acceptors (Lipinski definition) is 3. The van der Waals surface area contributed by atoms with Gasteiger partial charge in [0.05, 0.1) is 5.56 Å². The SMILES string of the molecule is Cc1cc(F)cc(-c2noc(N)c2-c2cccc(F)c2)c1. The molecule has 3 rings (SSSR count). The molecule has 5 heteroatoms. The van der Waals surface area contributed by atoms with Crippen LogP contribution in [0.5, 0.6) is 0 Å². The van der Waals surface area contributed by atoms with Gasteiger partial charge in [0.2, 0.25) is 5.88 Å². The molecule has 0 saturated heterocycles. The van der Waals surface area contributed by atoms with E-state index in [1.807, 2.05) is 0 Å². The van der Waals surface area contributed by atoms with Crippen LogP contribution >= 0.6 is 0 Å². The van der Waals surface area contributed by atoms with Crippen LogP contribution in [-0.2, 0) is 0 Å². The average Bonchev–Trinajstić information content (AvgIpc) is 2.79. The number of benzene rings is 2. The summed E-state index contributed by atoms with van der Waals surface area (Å²) in [7, 11) is 0. The number of halogens is 2. The van der Waals surface area contributed by atoms with Crippen LogP contribution in [0.1, 0.15) is 5.56 Å². The molecule has 0 fully saturated rings. The topological polar surface area (TPSA) is 52.0 Å². The maximum Gasteiger partial charge on any atom is 0.230 e. The molecule has 0 unspecified atom stereocenters. The first-order valence-corrected chi connectivity index (χ1v) is 6.33. The van der Waals surface area contributed by atoms with E-state index in [0.29, 0.717) is 22.4 Å². The van der Waals surface area contributed by atoms with Crippen LogP contribution < -0.4 is 5.73 Å². The normalized spacial score (nSPS) is 10.8. The molecular formula is C16H12F2N2O. The zero-order valence-corrected chi connectivity index (χ0v) is 11.2. The number of nitrogens with zero attached hydrogens (tertiary/aromatic N) is 1. The Morgan fingerprint density at radius 2 is 1.76 bits per heavy atom. The molecule has 0 spiro atoms. The Bertz CT molecular complexity index is 792. The maximum absolute atomic E-state index is 13.6. The van der Waals surface area contributed by atoms with Gasteiger partial charge in [-0.15, -0.1) is 0 Å². The first kappa shape index (κ1) is 13.3. The summed E-state index contributed by atoms with van der Waals surface area (Å²) >= 11 is 0. The van der Waals surface area contributed by atoms with Crippen LogP contribution in [0.2, 0.25) is 0 Å². The van der Waals surface area contributed by atoms with Gasteiger partial charge in [0.25, 0.3) is 0 Å². The molecule has 1 heterocycles.